The third-order valence-corrected chi connectivity index (χ3v) is 2.96. The smallest absolute Gasteiger partial charge is 0.354 e. The van der Waals surface area contributed by atoms with E-state index in [0.29, 0.717) is 34.3 Å². The number of rotatable bonds is 4. The average molecular weight is 530 g/mol. The van der Waals surface area contributed by atoms with Crippen molar-refractivity contribution in [1.82, 2.24) is 9.97 Å². The summed E-state index contributed by atoms with van der Waals surface area (Å²) in [5.74, 6) is -0.199. The number of hydrogen-bond donors (Lipinski definition) is 1. The Balaban J connectivity index is 0.00000220. The zero-order chi connectivity index (χ0) is 14.7. The number of ether oxygens (including phenoxy) is 1. The van der Waals surface area contributed by atoms with Gasteiger partial charge in [0.1, 0.15) is 5.75 Å². The number of benzene rings is 1. The van der Waals surface area contributed by atoms with E-state index in [0.717, 1.165) is 0 Å². The Morgan fingerprint density at radius 1 is 1.38 bits per heavy atom. The van der Waals surface area contributed by atoms with Gasteiger partial charge in [-0.25, -0.2) is 14.8 Å². The first-order valence-electron chi connectivity index (χ1n) is 5.79. The van der Waals surface area contributed by atoms with Crippen molar-refractivity contribution >= 4 is 17.6 Å². The maximum atomic E-state index is 11.1. The molecule has 1 N–H and O–H groups in total. The van der Waals surface area contributed by atoms with E-state index in [-0.39, 0.29) is 36.8 Å². The fourth-order valence-corrected chi connectivity index (χ4v) is 1.95. The van der Waals surface area contributed by atoms with Gasteiger partial charge in [0.05, 0.1) is 23.7 Å². The van der Waals surface area contributed by atoms with Crippen molar-refractivity contribution in [2.45, 2.75) is 6.42 Å². The van der Waals surface area contributed by atoms with Crippen LogP contribution in [0.3, 0.4) is 0 Å². The van der Waals surface area contributed by atoms with E-state index < -0.39 is 5.97 Å². The molecule has 0 aliphatic heterocycles. The van der Waals surface area contributed by atoms with Gasteiger partial charge in [0.2, 0.25) is 0 Å². The van der Waals surface area contributed by atoms with Crippen LogP contribution in [0.2, 0.25) is 5.02 Å². The minimum atomic E-state index is -1.11. The van der Waals surface area contributed by atoms with E-state index in [1.807, 2.05) is 0 Å². The van der Waals surface area contributed by atoms with Gasteiger partial charge < -0.3 is 16.8 Å². The number of carbonyl (C=O) groups is 1. The largest absolute Gasteiger partial charge is 0.495 e. The summed E-state index contributed by atoms with van der Waals surface area (Å²) in [6, 6.07) is 6.52. The maximum Gasteiger partial charge on any atom is 0.354 e. The molecule has 1 aromatic heterocycles. The number of methoxy groups -OCH3 is 1. The molecule has 1 heterocycles. The van der Waals surface area contributed by atoms with Gasteiger partial charge in [0.15, 0.2) is 5.69 Å². The molecule has 7 heteroatoms. The predicted octanol–water partition coefficient (Wildman–Crippen LogP) is 2.88. The zero-order valence-electron chi connectivity index (χ0n) is 11.3. The molecule has 108 valence electrons. The molecule has 0 atom stereocenters. The van der Waals surface area contributed by atoms with Crippen LogP contribution in [0.4, 0.5) is 0 Å². The van der Waals surface area contributed by atoms with E-state index in [4.69, 9.17) is 21.4 Å². The van der Waals surface area contributed by atoms with Gasteiger partial charge in [-0.2, -0.15) is 0 Å². The van der Waals surface area contributed by atoms with E-state index >= 15 is 0 Å². The zero-order valence-corrected chi connectivity index (χ0v) is 16.2. The average Bonchev–Trinajstić information content (AvgIpc) is 2.46. The summed E-state index contributed by atoms with van der Waals surface area (Å²) in [7, 11) is 1.52. The Bertz CT molecular complexity index is 665. The summed E-state index contributed by atoms with van der Waals surface area (Å²) in [6.45, 7) is 3.67. The van der Waals surface area contributed by atoms with Crippen molar-refractivity contribution in [1.29, 1.82) is 0 Å². The summed E-state index contributed by atoms with van der Waals surface area (Å²) in [6.07, 6.45) is 0.304. The summed E-state index contributed by atoms with van der Waals surface area (Å²) >= 11 is 6.06. The van der Waals surface area contributed by atoms with Gasteiger partial charge in [-0.3, -0.25) is 0 Å². The second kappa shape index (κ2) is 7.79. The van der Waals surface area contributed by atoms with Crippen LogP contribution in [-0.2, 0) is 6.42 Å². The molecule has 0 spiro atoms. The van der Waals surface area contributed by atoms with Crippen molar-refractivity contribution in [3.05, 3.63) is 47.7 Å². The summed E-state index contributed by atoms with van der Waals surface area (Å²) in [4.78, 5) is 19.2. The summed E-state index contributed by atoms with van der Waals surface area (Å²) in [5, 5.41) is 9.48. The van der Waals surface area contributed by atoms with Crippen molar-refractivity contribution in [3.8, 4) is 17.0 Å². The van der Waals surface area contributed by atoms with Crippen LogP contribution in [0, 0.1) is 38.0 Å². The first kappa shape index (κ1) is 18.0. The Labute approximate surface area is 151 Å². The van der Waals surface area contributed by atoms with Gasteiger partial charge in [-0.05, 0) is 24.3 Å². The molecule has 0 unspecified atom stereocenters. The molecule has 0 saturated carbocycles. The van der Waals surface area contributed by atoms with Crippen molar-refractivity contribution in [2.24, 2.45) is 0 Å². The Morgan fingerprint density at radius 3 is 2.62 bits per heavy atom. The topological polar surface area (TPSA) is 72.3 Å². The number of carboxylic acid groups (broad SMARTS) is 1. The Kier molecular flexibility index (Phi) is 6.66. The quantitative estimate of drug-likeness (QED) is 0.617. The van der Waals surface area contributed by atoms with Gasteiger partial charge in [0, 0.05) is 36.7 Å². The summed E-state index contributed by atoms with van der Waals surface area (Å²) < 4.78 is 5.07. The monoisotopic (exact) mass is 529 g/mol. The molecule has 0 amide bonds. The number of aromatic carboxylic acids is 1. The van der Waals surface area contributed by atoms with Crippen LogP contribution >= 0.6 is 11.6 Å². The van der Waals surface area contributed by atoms with E-state index in [9.17, 15) is 4.79 Å². The van der Waals surface area contributed by atoms with Gasteiger partial charge in [-0.15, -0.1) is 6.42 Å². The summed E-state index contributed by atoms with van der Waals surface area (Å²) in [5.41, 5.74) is 1.11. The molecular formula is C14H12ClN2O3U-. The SMILES string of the molecule is [CH2-]Cc1nc(C(=O)O)cc(-c2ccc(OC)c(Cl)c2)n1.[U]. The van der Waals surface area contributed by atoms with Crippen LogP contribution in [0.5, 0.6) is 5.75 Å². The van der Waals surface area contributed by atoms with Gasteiger partial charge in [-0.1, -0.05) is 11.6 Å². The number of aromatic nitrogens is 2. The van der Waals surface area contributed by atoms with Crippen LogP contribution in [-0.4, -0.2) is 28.2 Å². The second-order valence-corrected chi connectivity index (χ2v) is 4.37. The predicted molar refractivity (Wildman–Crippen MR) is 75.1 cm³/mol. The molecule has 0 radical (unpaired) electrons. The Morgan fingerprint density at radius 2 is 2.10 bits per heavy atom. The van der Waals surface area contributed by atoms with Gasteiger partial charge in [0.25, 0.3) is 0 Å². The molecule has 0 saturated heterocycles. The van der Waals surface area contributed by atoms with E-state index in [1.54, 1.807) is 18.2 Å². The fraction of sp³-hybridized carbons (Fsp3) is 0.143. The normalized spacial score (nSPS) is 9.86. The molecule has 0 aliphatic carbocycles. The van der Waals surface area contributed by atoms with Crippen LogP contribution < -0.4 is 4.74 Å². The molecule has 0 aliphatic rings. The minimum Gasteiger partial charge on any atom is -0.495 e. The number of nitrogens with zero attached hydrogens (tertiary/aromatic N) is 2. The molecular weight excluding hydrogens is 518 g/mol. The minimum absolute atomic E-state index is 0. The molecule has 2 rings (SSSR count). The molecule has 21 heavy (non-hydrogen) atoms. The fourth-order valence-electron chi connectivity index (χ4n) is 1.69. The molecule has 0 bridgehead atoms. The number of halogens is 1. The Hall–Kier alpha value is -1.09. The molecule has 5 nitrogen and oxygen atoms in total. The van der Waals surface area contributed by atoms with Crippen molar-refractivity contribution in [2.75, 3.05) is 7.11 Å². The first-order chi connectivity index (χ1) is 9.55. The first-order valence-corrected chi connectivity index (χ1v) is 6.17. The molecule has 0 fully saturated rings. The molecule has 1 aromatic carbocycles. The van der Waals surface area contributed by atoms with Gasteiger partial charge >= 0.3 is 5.97 Å². The van der Waals surface area contributed by atoms with Crippen molar-refractivity contribution in [3.63, 3.8) is 0 Å². The van der Waals surface area contributed by atoms with Crippen LogP contribution in [0.15, 0.2) is 24.3 Å². The third kappa shape index (κ3) is 4.19. The van der Waals surface area contributed by atoms with E-state index in [1.165, 1.54) is 13.2 Å². The molecule has 2 aromatic rings. The number of hydrogen-bond acceptors (Lipinski definition) is 4. The standard InChI is InChI=1S/C14H12ClN2O3.U/c1-3-13-16-10(7-11(17-13)14(18)19)8-4-5-12(20-2)9(15)6-8;/h4-7H,1,3H2,2H3,(H,18,19);/q-1;. The van der Waals surface area contributed by atoms with Crippen LogP contribution in [0.1, 0.15) is 16.3 Å². The number of carboxylic acids is 1. The third-order valence-electron chi connectivity index (χ3n) is 2.66. The van der Waals surface area contributed by atoms with E-state index in [2.05, 4.69) is 16.9 Å². The van der Waals surface area contributed by atoms with Crippen molar-refractivity contribution < 1.29 is 45.8 Å². The van der Waals surface area contributed by atoms with Crippen LogP contribution in [0.25, 0.3) is 11.3 Å². The maximum absolute atomic E-state index is 11.1. The second-order valence-electron chi connectivity index (χ2n) is 3.96.